The first-order valence-corrected chi connectivity index (χ1v) is 11.3. The van der Waals surface area contributed by atoms with E-state index < -0.39 is 21.4 Å². The van der Waals surface area contributed by atoms with Crippen molar-refractivity contribution in [2.45, 2.75) is 23.7 Å². The van der Waals surface area contributed by atoms with E-state index in [1.165, 1.54) is 24.3 Å². The van der Waals surface area contributed by atoms with Gasteiger partial charge in [-0.2, -0.15) is 0 Å². The monoisotopic (exact) mass is 411 g/mol. The van der Waals surface area contributed by atoms with E-state index >= 15 is 0 Å². The van der Waals surface area contributed by atoms with Crippen molar-refractivity contribution < 1.29 is 22.7 Å². The minimum atomic E-state index is -3.63. The Labute approximate surface area is 169 Å². The summed E-state index contributed by atoms with van der Waals surface area (Å²) in [5, 5.41) is 3.13. The number of Topliss-reactive ketones (excluding diaryl/α,β-unsaturated/α-hetero) is 1. The zero-order valence-electron chi connectivity index (χ0n) is 16.0. The summed E-state index contributed by atoms with van der Waals surface area (Å²) in [5.74, 6) is -0.579. The smallest absolute Gasteiger partial charge is 0.210 e. The highest BCUT2D eigenvalue weighted by atomic mass is 32.2. The first-order valence-electron chi connectivity index (χ1n) is 9.44. The van der Waals surface area contributed by atoms with E-state index in [4.69, 9.17) is 4.74 Å². The molecule has 0 amide bonds. The van der Waals surface area contributed by atoms with Gasteiger partial charge >= 0.3 is 0 Å². The van der Waals surface area contributed by atoms with Gasteiger partial charge in [-0.15, -0.1) is 0 Å². The molecule has 1 N–H and O–H groups in total. The Kier molecular flexibility index (Phi) is 5.10. The van der Waals surface area contributed by atoms with Crippen LogP contribution in [-0.2, 0) is 14.6 Å². The van der Waals surface area contributed by atoms with Crippen molar-refractivity contribution >= 4 is 27.1 Å². The van der Waals surface area contributed by atoms with E-state index in [0.717, 1.165) is 30.3 Å². The molecule has 7 heteroatoms. The molecule has 2 aromatic carbocycles. The van der Waals surface area contributed by atoms with Crippen LogP contribution in [0.4, 0.5) is 5.69 Å². The Balaban J connectivity index is 1.70. The molecule has 2 aromatic rings. The molecule has 0 bridgehead atoms. The molecule has 4 rings (SSSR count). The number of ketones is 2. The molecule has 0 unspecified atom stereocenters. The number of anilines is 1. The average Bonchev–Trinajstić information content (AvgIpc) is 2.72. The number of carbonyl (C=O) groups excluding carboxylic acids is 2. The van der Waals surface area contributed by atoms with Crippen LogP contribution in [0.25, 0.3) is 0 Å². The Morgan fingerprint density at radius 2 is 1.72 bits per heavy atom. The third kappa shape index (κ3) is 3.75. The molecule has 2 aliphatic rings. The van der Waals surface area contributed by atoms with Gasteiger partial charge in [0.1, 0.15) is 0 Å². The fourth-order valence-corrected chi connectivity index (χ4v) is 4.82. The highest BCUT2D eigenvalue weighted by molar-refractivity contribution is 7.90. The molecule has 0 aromatic heterocycles. The van der Waals surface area contributed by atoms with Gasteiger partial charge in [-0.05, 0) is 36.5 Å². The van der Waals surface area contributed by atoms with Gasteiger partial charge < -0.3 is 10.1 Å². The minimum absolute atomic E-state index is 0.0525. The van der Waals surface area contributed by atoms with Crippen molar-refractivity contribution in [3.8, 4) is 0 Å². The predicted octanol–water partition coefficient (Wildman–Crippen LogP) is 3.36. The summed E-state index contributed by atoms with van der Waals surface area (Å²) in [4.78, 5) is 25.7. The van der Waals surface area contributed by atoms with Gasteiger partial charge in [0.25, 0.3) is 0 Å². The second-order valence-electron chi connectivity index (χ2n) is 7.30. The van der Waals surface area contributed by atoms with Gasteiger partial charge in [0.05, 0.1) is 16.2 Å². The van der Waals surface area contributed by atoms with Crippen LogP contribution in [0.3, 0.4) is 0 Å². The molecule has 0 spiro atoms. The Hall–Kier alpha value is -2.77. The summed E-state index contributed by atoms with van der Waals surface area (Å²) < 4.78 is 29.5. The summed E-state index contributed by atoms with van der Waals surface area (Å²) in [7, 11) is -3.63. The number of nitrogens with one attached hydrogen (secondary N) is 1. The van der Waals surface area contributed by atoms with Crippen molar-refractivity contribution in [3.63, 3.8) is 0 Å². The Morgan fingerprint density at radius 1 is 1.00 bits per heavy atom. The summed E-state index contributed by atoms with van der Waals surface area (Å²) in [6, 6.07) is 12.0. The van der Waals surface area contributed by atoms with Crippen LogP contribution in [0.15, 0.2) is 59.1 Å². The maximum absolute atomic E-state index is 13.0. The maximum Gasteiger partial charge on any atom is 0.210 e. The van der Waals surface area contributed by atoms with Crippen LogP contribution in [0, 0.1) is 0 Å². The third-order valence-electron chi connectivity index (χ3n) is 5.33. The lowest BCUT2D eigenvalue weighted by atomic mass is 9.89. The summed E-state index contributed by atoms with van der Waals surface area (Å²) in [6.07, 6.45) is 4.01. The molecule has 0 saturated carbocycles. The fraction of sp³-hybridized carbons (Fsp3) is 0.273. The van der Waals surface area contributed by atoms with Crippen molar-refractivity contribution in [2.24, 2.45) is 0 Å². The molecule has 1 saturated heterocycles. The maximum atomic E-state index is 13.0. The van der Waals surface area contributed by atoms with Crippen LogP contribution in [0.2, 0.25) is 0 Å². The molecule has 0 atom stereocenters. The minimum Gasteiger partial charge on any atom is -0.381 e. The number of hydrogen-bond acceptors (Lipinski definition) is 6. The van der Waals surface area contributed by atoms with Crippen molar-refractivity contribution in [2.75, 3.05) is 24.8 Å². The van der Waals surface area contributed by atoms with Gasteiger partial charge in [-0.25, -0.2) is 8.42 Å². The van der Waals surface area contributed by atoms with Gasteiger partial charge in [0, 0.05) is 36.8 Å². The lowest BCUT2D eigenvalue weighted by molar-refractivity contribution is 0.0854. The van der Waals surface area contributed by atoms with Gasteiger partial charge in [0.2, 0.25) is 5.78 Å². The van der Waals surface area contributed by atoms with E-state index in [1.807, 2.05) is 24.3 Å². The van der Waals surface area contributed by atoms with E-state index in [0.29, 0.717) is 19.1 Å². The number of ether oxygens (including phenoxy) is 1. The van der Waals surface area contributed by atoms with Crippen molar-refractivity contribution in [3.05, 3.63) is 70.9 Å². The molecule has 6 nitrogen and oxygen atoms in total. The average molecular weight is 411 g/mol. The lowest BCUT2D eigenvalue weighted by Gasteiger charge is -2.26. The molecule has 1 heterocycles. The van der Waals surface area contributed by atoms with Gasteiger partial charge in [0.15, 0.2) is 15.6 Å². The first kappa shape index (κ1) is 19.5. The standard InChI is InChI=1S/C22H21NO5S/c1-29(26,27)20-8-4-6-16-21(20)19(24)13-18(22(16)25)23-17-7-3-2-5-15(17)14-9-11-28-12-10-14/h2-8,13-14,23H,9-12H2,1H3. The van der Waals surface area contributed by atoms with Crippen LogP contribution in [0.5, 0.6) is 0 Å². The zero-order chi connectivity index (χ0) is 20.6. The molecule has 0 radical (unpaired) electrons. The lowest BCUT2D eigenvalue weighted by Crippen LogP contribution is -2.24. The van der Waals surface area contributed by atoms with E-state index in [-0.39, 0.29) is 21.7 Å². The number of benzene rings is 2. The Morgan fingerprint density at radius 3 is 2.45 bits per heavy atom. The molecule has 150 valence electrons. The number of carbonyl (C=O) groups is 2. The third-order valence-corrected chi connectivity index (χ3v) is 6.47. The number of fused-ring (bicyclic) bond motifs is 1. The van der Waals surface area contributed by atoms with Crippen LogP contribution < -0.4 is 5.32 Å². The van der Waals surface area contributed by atoms with Gasteiger partial charge in [-0.3, -0.25) is 9.59 Å². The number of allylic oxidation sites excluding steroid dienone is 2. The van der Waals surface area contributed by atoms with E-state index in [1.54, 1.807) is 0 Å². The predicted molar refractivity (Wildman–Crippen MR) is 109 cm³/mol. The molecular formula is C22H21NO5S. The highest BCUT2D eigenvalue weighted by Crippen LogP contribution is 2.34. The van der Waals surface area contributed by atoms with Crippen LogP contribution in [0.1, 0.15) is 45.0 Å². The first-order chi connectivity index (χ1) is 13.9. The number of hydrogen-bond donors (Lipinski definition) is 1. The van der Waals surface area contributed by atoms with E-state index in [2.05, 4.69) is 5.32 Å². The summed E-state index contributed by atoms with van der Waals surface area (Å²) in [6.45, 7) is 1.39. The summed E-state index contributed by atoms with van der Waals surface area (Å²) >= 11 is 0. The largest absolute Gasteiger partial charge is 0.381 e. The second kappa shape index (κ2) is 7.57. The second-order valence-corrected chi connectivity index (χ2v) is 9.29. The Bertz CT molecular complexity index is 1130. The van der Waals surface area contributed by atoms with Crippen molar-refractivity contribution in [1.29, 1.82) is 0 Å². The van der Waals surface area contributed by atoms with E-state index in [9.17, 15) is 18.0 Å². The SMILES string of the molecule is CS(=O)(=O)c1cccc2c1C(=O)C=C(Nc1ccccc1C1CCOCC1)C2=O. The zero-order valence-corrected chi connectivity index (χ0v) is 16.8. The number of para-hydroxylation sites is 1. The molecule has 1 fully saturated rings. The normalized spacial score (nSPS) is 17.6. The van der Waals surface area contributed by atoms with Crippen molar-refractivity contribution in [1.82, 2.24) is 0 Å². The van der Waals surface area contributed by atoms with Crippen LogP contribution in [-0.4, -0.2) is 39.5 Å². The number of sulfone groups is 1. The highest BCUT2D eigenvalue weighted by Gasteiger charge is 2.31. The summed E-state index contributed by atoms with van der Waals surface area (Å²) in [5.41, 5.74) is 2.05. The number of rotatable bonds is 4. The molecule has 1 aliphatic carbocycles. The van der Waals surface area contributed by atoms with Crippen LogP contribution >= 0.6 is 0 Å². The fourth-order valence-electron chi connectivity index (χ4n) is 3.91. The molecule has 29 heavy (non-hydrogen) atoms. The quantitative estimate of drug-likeness (QED) is 0.830. The van der Waals surface area contributed by atoms with Gasteiger partial charge in [-0.1, -0.05) is 30.3 Å². The molecular weight excluding hydrogens is 390 g/mol. The topological polar surface area (TPSA) is 89.5 Å². The molecule has 1 aliphatic heterocycles.